The molecule has 7 nitrogen and oxygen atoms in total. The molecule has 0 aliphatic carbocycles. The lowest BCUT2D eigenvalue weighted by atomic mass is 10.1. The maximum atomic E-state index is 11.9. The van der Waals surface area contributed by atoms with Gasteiger partial charge in [-0.25, -0.2) is 15.5 Å². The molecule has 0 fully saturated rings. The van der Waals surface area contributed by atoms with E-state index < -0.39 is 23.6 Å². The number of ether oxygens (including phenoxy) is 2. The van der Waals surface area contributed by atoms with Gasteiger partial charge < -0.3 is 9.47 Å². The third-order valence-electron chi connectivity index (χ3n) is 2.23. The number of carbonyl (C=O) groups is 2. The Bertz CT molecular complexity index is 479. The first-order chi connectivity index (χ1) is 9.28. The zero-order valence-electron chi connectivity index (χ0n) is 11.9. The van der Waals surface area contributed by atoms with Gasteiger partial charge in [-0.2, -0.15) is 0 Å². The fourth-order valence-electron chi connectivity index (χ4n) is 1.40. The second kappa shape index (κ2) is 6.44. The molecule has 0 aliphatic rings. The summed E-state index contributed by atoms with van der Waals surface area (Å²) in [5, 5.41) is 0. The Morgan fingerprint density at radius 3 is 2.35 bits per heavy atom. The first kappa shape index (κ1) is 16.1. The second-order valence-corrected chi connectivity index (χ2v) is 5.01. The van der Waals surface area contributed by atoms with E-state index in [0.717, 1.165) is 0 Å². The molecule has 0 bridgehead atoms. The van der Waals surface area contributed by atoms with Gasteiger partial charge in [0.2, 0.25) is 6.10 Å². The van der Waals surface area contributed by atoms with Crippen LogP contribution in [0, 0.1) is 0 Å². The van der Waals surface area contributed by atoms with E-state index in [1.165, 1.54) is 25.4 Å². The molecule has 1 atom stereocenters. The minimum absolute atomic E-state index is 0.245. The first-order valence-corrected chi connectivity index (χ1v) is 5.91. The molecule has 1 aromatic heterocycles. The lowest BCUT2D eigenvalue weighted by Crippen LogP contribution is -2.30. The zero-order valence-corrected chi connectivity index (χ0v) is 11.9. The molecule has 0 amide bonds. The van der Waals surface area contributed by atoms with E-state index >= 15 is 0 Å². The Hall–Kier alpha value is -1.99. The molecule has 1 unspecified atom stereocenters. The molecule has 1 rings (SSSR count). The van der Waals surface area contributed by atoms with Crippen molar-refractivity contribution in [2.24, 2.45) is 5.90 Å². The highest BCUT2D eigenvalue weighted by atomic mass is 16.7. The van der Waals surface area contributed by atoms with Gasteiger partial charge in [0.05, 0.1) is 18.4 Å². The van der Waals surface area contributed by atoms with Crippen LogP contribution >= 0.6 is 0 Å². The first-order valence-electron chi connectivity index (χ1n) is 5.91. The van der Waals surface area contributed by atoms with Crippen molar-refractivity contribution in [1.82, 2.24) is 4.98 Å². The van der Waals surface area contributed by atoms with Gasteiger partial charge in [0, 0.05) is 6.20 Å². The van der Waals surface area contributed by atoms with Crippen molar-refractivity contribution in [2.75, 3.05) is 7.11 Å². The number of aromatic nitrogens is 1. The summed E-state index contributed by atoms with van der Waals surface area (Å²) in [6, 6.07) is 2.91. The molecular weight excluding hydrogens is 264 g/mol. The molecule has 0 aromatic carbocycles. The van der Waals surface area contributed by atoms with Crippen LogP contribution in [0.5, 0.6) is 0 Å². The van der Waals surface area contributed by atoms with E-state index in [4.69, 9.17) is 10.6 Å². The van der Waals surface area contributed by atoms with Crippen LogP contribution < -0.4 is 5.90 Å². The Kier molecular flexibility index (Phi) is 5.18. The summed E-state index contributed by atoms with van der Waals surface area (Å²) < 4.78 is 9.72. The van der Waals surface area contributed by atoms with Crippen molar-refractivity contribution < 1.29 is 23.9 Å². The number of methoxy groups -OCH3 is 1. The molecule has 2 N–H and O–H groups in total. The molecule has 0 saturated heterocycles. The third kappa shape index (κ3) is 4.29. The molecule has 0 radical (unpaired) electrons. The predicted octanol–water partition coefficient (Wildman–Crippen LogP) is 1.14. The summed E-state index contributed by atoms with van der Waals surface area (Å²) >= 11 is 0. The van der Waals surface area contributed by atoms with Gasteiger partial charge in [0.1, 0.15) is 5.60 Å². The molecule has 0 spiro atoms. The van der Waals surface area contributed by atoms with Gasteiger partial charge in [-0.3, -0.25) is 9.82 Å². The maximum Gasteiger partial charge on any atom is 0.344 e. The third-order valence-corrected chi connectivity index (χ3v) is 2.23. The Balaban J connectivity index is 2.90. The van der Waals surface area contributed by atoms with Crippen molar-refractivity contribution in [3.05, 3.63) is 29.6 Å². The van der Waals surface area contributed by atoms with Crippen LogP contribution in [-0.4, -0.2) is 29.6 Å². The second-order valence-electron chi connectivity index (χ2n) is 5.01. The molecule has 1 heterocycles. The summed E-state index contributed by atoms with van der Waals surface area (Å²) in [6.07, 6.45) is 0.123. The molecular formula is C13H18N2O5. The van der Waals surface area contributed by atoms with Gasteiger partial charge >= 0.3 is 11.9 Å². The van der Waals surface area contributed by atoms with E-state index in [2.05, 4.69) is 14.6 Å². The minimum atomic E-state index is -1.15. The van der Waals surface area contributed by atoms with E-state index in [1.54, 1.807) is 20.8 Å². The number of rotatable bonds is 4. The molecule has 0 aliphatic heterocycles. The fourth-order valence-corrected chi connectivity index (χ4v) is 1.40. The van der Waals surface area contributed by atoms with Gasteiger partial charge in [-0.15, -0.1) is 0 Å². The van der Waals surface area contributed by atoms with Crippen molar-refractivity contribution in [2.45, 2.75) is 32.5 Å². The Labute approximate surface area is 117 Å². The number of esters is 2. The molecule has 7 heteroatoms. The van der Waals surface area contributed by atoms with E-state index in [-0.39, 0.29) is 11.3 Å². The van der Waals surface area contributed by atoms with Gasteiger partial charge in [-0.05, 0) is 32.9 Å². The van der Waals surface area contributed by atoms with Crippen LogP contribution in [0.25, 0.3) is 0 Å². The van der Waals surface area contributed by atoms with E-state index in [1.807, 2.05) is 0 Å². The predicted molar refractivity (Wildman–Crippen MR) is 69.4 cm³/mol. The summed E-state index contributed by atoms with van der Waals surface area (Å²) in [6.45, 7) is 5.19. The van der Waals surface area contributed by atoms with Gasteiger partial charge in [0.25, 0.3) is 0 Å². The lowest BCUT2D eigenvalue weighted by molar-refractivity contribution is -0.169. The zero-order chi connectivity index (χ0) is 15.3. The average Bonchev–Trinajstić information content (AvgIpc) is 2.37. The van der Waals surface area contributed by atoms with Crippen LogP contribution in [0.15, 0.2) is 18.3 Å². The summed E-state index contributed by atoms with van der Waals surface area (Å²) in [5.41, 5.74) is -0.162. The standard InChI is InChI=1S/C13H18N2O5/c1-13(2,3)19-12(17)10(20-14)9-6-5-8(7-15-9)11(16)18-4/h5-7,10H,14H2,1-4H3. The van der Waals surface area contributed by atoms with Crippen LogP contribution in [0.2, 0.25) is 0 Å². The normalized spacial score (nSPS) is 12.7. The van der Waals surface area contributed by atoms with E-state index in [0.29, 0.717) is 0 Å². The number of pyridine rings is 1. The number of nitrogens with two attached hydrogens (primary N) is 1. The monoisotopic (exact) mass is 282 g/mol. The summed E-state index contributed by atoms with van der Waals surface area (Å²) in [7, 11) is 1.27. The molecule has 1 aromatic rings. The largest absolute Gasteiger partial charge is 0.465 e. The Morgan fingerprint density at radius 1 is 1.30 bits per heavy atom. The fraction of sp³-hybridized carbons (Fsp3) is 0.462. The summed E-state index contributed by atoms with van der Waals surface area (Å²) in [5.74, 6) is 3.94. The highest BCUT2D eigenvalue weighted by Gasteiger charge is 2.28. The molecule has 110 valence electrons. The molecule has 0 saturated carbocycles. The SMILES string of the molecule is COC(=O)c1ccc(C(ON)C(=O)OC(C)(C)C)nc1. The molecule has 20 heavy (non-hydrogen) atoms. The Morgan fingerprint density at radius 2 is 1.95 bits per heavy atom. The number of carbonyl (C=O) groups excluding carboxylic acids is 2. The number of hydrogen-bond acceptors (Lipinski definition) is 7. The highest BCUT2D eigenvalue weighted by molar-refractivity contribution is 5.89. The quantitative estimate of drug-likeness (QED) is 0.652. The van der Waals surface area contributed by atoms with Crippen LogP contribution in [0.4, 0.5) is 0 Å². The highest BCUT2D eigenvalue weighted by Crippen LogP contribution is 2.19. The van der Waals surface area contributed by atoms with Crippen molar-refractivity contribution in [1.29, 1.82) is 0 Å². The number of nitrogens with zero attached hydrogens (tertiary/aromatic N) is 1. The van der Waals surface area contributed by atoms with Crippen LogP contribution in [-0.2, 0) is 19.1 Å². The van der Waals surface area contributed by atoms with Crippen molar-refractivity contribution in [3.8, 4) is 0 Å². The average molecular weight is 282 g/mol. The lowest BCUT2D eigenvalue weighted by Gasteiger charge is -2.22. The topological polar surface area (TPSA) is 101 Å². The van der Waals surface area contributed by atoms with Crippen LogP contribution in [0.3, 0.4) is 0 Å². The van der Waals surface area contributed by atoms with Crippen molar-refractivity contribution in [3.63, 3.8) is 0 Å². The smallest absolute Gasteiger partial charge is 0.344 e. The summed E-state index contributed by atoms with van der Waals surface area (Å²) in [4.78, 5) is 31.8. The maximum absolute atomic E-state index is 11.9. The van der Waals surface area contributed by atoms with Gasteiger partial charge in [0.15, 0.2) is 0 Å². The van der Waals surface area contributed by atoms with Crippen molar-refractivity contribution >= 4 is 11.9 Å². The van der Waals surface area contributed by atoms with Crippen LogP contribution in [0.1, 0.15) is 42.9 Å². The van der Waals surface area contributed by atoms with E-state index in [9.17, 15) is 9.59 Å². The van der Waals surface area contributed by atoms with Gasteiger partial charge in [-0.1, -0.05) is 0 Å². The minimum Gasteiger partial charge on any atom is -0.465 e. The number of hydrogen-bond donors (Lipinski definition) is 1.